The molecular formula is C15H10ClNO2S. The molecule has 3 rings (SSSR count). The van der Waals surface area contributed by atoms with Gasteiger partial charge in [-0.15, -0.1) is 0 Å². The second kappa shape index (κ2) is 4.89. The monoisotopic (exact) mass is 303 g/mol. The lowest BCUT2D eigenvalue weighted by molar-refractivity contribution is 0.103. The Morgan fingerprint density at radius 2 is 2.00 bits per heavy atom. The number of nitrogens with zero attached hydrogens (tertiary/aromatic N) is 1. The molecule has 3 aromatic rings. The van der Waals surface area contributed by atoms with Crippen molar-refractivity contribution in [3.05, 3.63) is 63.5 Å². The summed E-state index contributed by atoms with van der Waals surface area (Å²) < 4.78 is 7.21. The summed E-state index contributed by atoms with van der Waals surface area (Å²) in [6.45, 7) is 0. The Morgan fingerprint density at radius 3 is 2.75 bits per heavy atom. The lowest BCUT2D eigenvalue weighted by Crippen LogP contribution is -2.01. The predicted octanol–water partition coefficient (Wildman–Crippen LogP) is 4.39. The number of oxazole rings is 1. The summed E-state index contributed by atoms with van der Waals surface area (Å²) in [5.41, 5.74) is 2.44. The summed E-state index contributed by atoms with van der Waals surface area (Å²) in [6.07, 6.45) is 0. The van der Waals surface area contributed by atoms with Crippen molar-refractivity contribution in [1.29, 1.82) is 0 Å². The maximum Gasteiger partial charge on any atom is 0.269 e. The molecule has 0 aliphatic rings. The Labute approximate surface area is 125 Å². The van der Waals surface area contributed by atoms with Gasteiger partial charge in [-0.05, 0) is 42.5 Å². The minimum atomic E-state index is -0.137. The van der Waals surface area contributed by atoms with Crippen LogP contribution < -0.4 is 0 Å². The van der Waals surface area contributed by atoms with Gasteiger partial charge in [0.05, 0.1) is 10.5 Å². The zero-order valence-corrected chi connectivity index (χ0v) is 12.2. The molecule has 5 heteroatoms. The van der Waals surface area contributed by atoms with Gasteiger partial charge in [-0.1, -0.05) is 23.7 Å². The van der Waals surface area contributed by atoms with Crippen molar-refractivity contribution in [3.8, 4) is 0 Å². The molecule has 0 aliphatic heterocycles. The lowest BCUT2D eigenvalue weighted by atomic mass is 10.0. The number of hydrogen-bond donors (Lipinski definition) is 0. The van der Waals surface area contributed by atoms with Crippen LogP contribution in [0, 0.1) is 4.84 Å². The molecule has 0 radical (unpaired) electrons. The van der Waals surface area contributed by atoms with E-state index < -0.39 is 0 Å². The molecule has 0 bridgehead atoms. The van der Waals surface area contributed by atoms with Gasteiger partial charge >= 0.3 is 0 Å². The van der Waals surface area contributed by atoms with E-state index in [9.17, 15) is 4.79 Å². The molecule has 0 spiro atoms. The molecular weight excluding hydrogens is 294 g/mol. The summed E-state index contributed by atoms with van der Waals surface area (Å²) in [6, 6.07) is 12.2. The Hall–Kier alpha value is -1.91. The first-order valence-electron chi connectivity index (χ1n) is 5.97. The van der Waals surface area contributed by atoms with Crippen LogP contribution >= 0.6 is 23.8 Å². The average Bonchev–Trinajstić information content (AvgIpc) is 2.73. The third kappa shape index (κ3) is 2.07. The van der Waals surface area contributed by atoms with Crippen molar-refractivity contribution in [2.24, 2.45) is 7.05 Å². The van der Waals surface area contributed by atoms with Crippen molar-refractivity contribution in [3.63, 3.8) is 0 Å². The molecule has 0 saturated carbocycles. The highest BCUT2D eigenvalue weighted by atomic mass is 35.5. The summed E-state index contributed by atoms with van der Waals surface area (Å²) in [4.78, 5) is 12.8. The van der Waals surface area contributed by atoms with Crippen molar-refractivity contribution >= 4 is 40.7 Å². The molecule has 1 aromatic heterocycles. The van der Waals surface area contributed by atoms with Gasteiger partial charge in [-0.2, -0.15) is 0 Å². The molecule has 0 unspecified atom stereocenters. The van der Waals surface area contributed by atoms with Gasteiger partial charge in [0.1, 0.15) is 0 Å². The van der Waals surface area contributed by atoms with E-state index in [1.807, 2.05) is 13.1 Å². The highest BCUT2D eigenvalue weighted by Crippen LogP contribution is 2.23. The van der Waals surface area contributed by atoms with E-state index >= 15 is 0 Å². The molecule has 0 atom stereocenters. The highest BCUT2D eigenvalue weighted by molar-refractivity contribution is 7.71. The standard InChI is InChI=1S/C15H10ClNO2S/c1-17-12-7-6-9(8-13(12)19-15(17)20)14(18)10-4-2-3-5-11(10)16/h2-8H,1H3. The molecule has 20 heavy (non-hydrogen) atoms. The van der Waals surface area contributed by atoms with E-state index in [1.54, 1.807) is 41.0 Å². The third-order valence-corrected chi connectivity index (χ3v) is 3.86. The minimum absolute atomic E-state index is 0.137. The zero-order chi connectivity index (χ0) is 14.3. The Bertz CT molecular complexity index is 879. The quantitative estimate of drug-likeness (QED) is 0.520. The number of aryl methyl sites for hydroxylation is 1. The molecule has 1 heterocycles. The normalized spacial score (nSPS) is 10.9. The van der Waals surface area contributed by atoms with Crippen LogP contribution in [-0.4, -0.2) is 10.4 Å². The fourth-order valence-electron chi connectivity index (χ4n) is 2.08. The van der Waals surface area contributed by atoms with Gasteiger partial charge in [0, 0.05) is 18.2 Å². The van der Waals surface area contributed by atoms with Crippen LogP contribution in [0.15, 0.2) is 46.9 Å². The molecule has 0 fully saturated rings. The number of halogens is 1. The molecule has 0 N–H and O–H groups in total. The van der Waals surface area contributed by atoms with Crippen LogP contribution in [0.1, 0.15) is 15.9 Å². The number of aromatic nitrogens is 1. The van der Waals surface area contributed by atoms with E-state index in [2.05, 4.69) is 0 Å². The summed E-state index contributed by atoms with van der Waals surface area (Å²) >= 11 is 11.1. The van der Waals surface area contributed by atoms with Crippen molar-refractivity contribution in [2.45, 2.75) is 0 Å². The minimum Gasteiger partial charge on any atom is -0.429 e. The number of fused-ring (bicyclic) bond motifs is 1. The van der Waals surface area contributed by atoms with E-state index in [0.29, 0.717) is 26.6 Å². The number of benzene rings is 2. The second-order valence-electron chi connectivity index (χ2n) is 4.42. The maximum absolute atomic E-state index is 12.4. The fraction of sp³-hybridized carbons (Fsp3) is 0.0667. The van der Waals surface area contributed by atoms with Crippen molar-refractivity contribution in [2.75, 3.05) is 0 Å². The molecule has 0 amide bonds. The van der Waals surface area contributed by atoms with Crippen molar-refractivity contribution in [1.82, 2.24) is 4.57 Å². The highest BCUT2D eigenvalue weighted by Gasteiger charge is 2.14. The second-order valence-corrected chi connectivity index (χ2v) is 5.17. The first kappa shape index (κ1) is 13.1. The van der Waals surface area contributed by atoms with E-state index in [0.717, 1.165) is 5.52 Å². The van der Waals surface area contributed by atoms with E-state index in [-0.39, 0.29) is 5.78 Å². The fourth-order valence-corrected chi connectivity index (χ4v) is 2.49. The van der Waals surface area contributed by atoms with E-state index in [4.69, 9.17) is 28.2 Å². The van der Waals surface area contributed by atoms with E-state index in [1.165, 1.54) is 0 Å². The first-order valence-corrected chi connectivity index (χ1v) is 6.75. The van der Waals surface area contributed by atoms with Crippen molar-refractivity contribution < 1.29 is 9.21 Å². The number of carbonyl (C=O) groups is 1. The van der Waals surface area contributed by atoms with Gasteiger partial charge < -0.3 is 8.98 Å². The molecule has 3 nitrogen and oxygen atoms in total. The largest absolute Gasteiger partial charge is 0.429 e. The number of hydrogen-bond acceptors (Lipinski definition) is 3. The average molecular weight is 304 g/mol. The van der Waals surface area contributed by atoms with Gasteiger partial charge in [0.25, 0.3) is 4.84 Å². The van der Waals surface area contributed by atoms with Crippen LogP contribution in [0.5, 0.6) is 0 Å². The third-order valence-electron chi connectivity index (χ3n) is 3.17. The molecule has 0 saturated heterocycles. The summed E-state index contributed by atoms with van der Waals surface area (Å²) in [5, 5.41) is 0.437. The Morgan fingerprint density at radius 1 is 1.25 bits per heavy atom. The van der Waals surface area contributed by atoms with Gasteiger partial charge in [0.15, 0.2) is 11.4 Å². The molecule has 2 aromatic carbocycles. The predicted molar refractivity (Wildman–Crippen MR) is 80.9 cm³/mol. The molecule has 0 aliphatic carbocycles. The molecule has 100 valence electrons. The Balaban J connectivity index is 2.13. The van der Waals surface area contributed by atoms with Crippen LogP contribution in [0.2, 0.25) is 5.02 Å². The topological polar surface area (TPSA) is 35.1 Å². The number of rotatable bonds is 2. The van der Waals surface area contributed by atoms with Crippen LogP contribution in [0.3, 0.4) is 0 Å². The maximum atomic E-state index is 12.4. The summed E-state index contributed by atoms with van der Waals surface area (Å²) in [5.74, 6) is -0.137. The zero-order valence-electron chi connectivity index (χ0n) is 10.6. The smallest absolute Gasteiger partial charge is 0.269 e. The van der Waals surface area contributed by atoms with Gasteiger partial charge in [0.2, 0.25) is 0 Å². The van der Waals surface area contributed by atoms with Gasteiger partial charge in [-0.25, -0.2) is 0 Å². The lowest BCUT2D eigenvalue weighted by Gasteiger charge is -2.03. The van der Waals surface area contributed by atoms with Gasteiger partial charge in [-0.3, -0.25) is 4.79 Å². The SMILES string of the molecule is Cn1c(=S)oc2cc(C(=O)c3ccccc3Cl)ccc21. The number of ketones is 1. The van der Waals surface area contributed by atoms with Crippen LogP contribution in [0.4, 0.5) is 0 Å². The van der Waals surface area contributed by atoms with Crippen LogP contribution in [-0.2, 0) is 7.05 Å². The number of carbonyl (C=O) groups excluding carboxylic acids is 1. The summed E-state index contributed by atoms with van der Waals surface area (Å²) in [7, 11) is 1.82. The van der Waals surface area contributed by atoms with Crippen LogP contribution in [0.25, 0.3) is 11.1 Å². The Kier molecular flexibility index (Phi) is 3.20. The first-order chi connectivity index (χ1) is 9.58.